The fourth-order valence-electron chi connectivity index (χ4n) is 1.14. The van der Waals surface area contributed by atoms with E-state index in [-0.39, 0.29) is 11.8 Å². The van der Waals surface area contributed by atoms with Crippen molar-refractivity contribution < 1.29 is 13.9 Å². The smallest absolute Gasteiger partial charge is 0.284 e. The first-order chi connectivity index (χ1) is 7.11. The Labute approximate surface area is 93.5 Å². The number of hydrogen-bond acceptors (Lipinski definition) is 3. The Kier molecular flexibility index (Phi) is 3.97. The van der Waals surface area contributed by atoms with Crippen LogP contribution >= 0.6 is 15.9 Å². The van der Waals surface area contributed by atoms with Gasteiger partial charge < -0.3 is 5.11 Å². The minimum absolute atomic E-state index is 0.0327. The van der Waals surface area contributed by atoms with Crippen LogP contribution in [0.3, 0.4) is 0 Å². The average molecular weight is 277 g/mol. The Bertz CT molecular complexity index is 404. The van der Waals surface area contributed by atoms with E-state index in [1.54, 1.807) is 0 Å². The summed E-state index contributed by atoms with van der Waals surface area (Å²) >= 11 is 3.07. The molecule has 80 valence electrons. The molecule has 1 aromatic heterocycles. The van der Waals surface area contributed by atoms with Gasteiger partial charge in [-0.05, 0) is 5.56 Å². The number of hydrogen-bond donors (Lipinski definition) is 1. The lowest BCUT2D eigenvalue weighted by Crippen LogP contribution is -1.99. The fourth-order valence-corrected chi connectivity index (χ4v) is 1.77. The topological polar surface area (TPSA) is 56.9 Å². The van der Waals surface area contributed by atoms with Crippen molar-refractivity contribution in [2.24, 2.45) is 0 Å². The summed E-state index contributed by atoms with van der Waals surface area (Å²) in [6.07, 6.45) is -1.59. The number of halogens is 3. The largest absolute Gasteiger partial charge is 0.505 e. The number of aromatic hydroxyl groups is 1. The van der Waals surface area contributed by atoms with E-state index in [4.69, 9.17) is 5.26 Å². The molecule has 0 unspecified atom stereocenters. The Morgan fingerprint density at radius 3 is 2.73 bits per heavy atom. The summed E-state index contributed by atoms with van der Waals surface area (Å²) in [5.41, 5.74) is 0.101. The molecule has 0 bridgehead atoms. The van der Waals surface area contributed by atoms with Crippen LogP contribution in [0, 0.1) is 11.3 Å². The Balaban J connectivity index is 3.27. The number of nitrogens with zero attached hydrogens (tertiary/aromatic N) is 2. The zero-order chi connectivity index (χ0) is 11.4. The zero-order valence-corrected chi connectivity index (χ0v) is 9.13. The minimum atomic E-state index is -2.82. The molecule has 3 nitrogen and oxygen atoms in total. The van der Waals surface area contributed by atoms with Gasteiger partial charge in [-0.1, -0.05) is 15.9 Å². The highest BCUT2D eigenvalue weighted by Crippen LogP contribution is 2.32. The van der Waals surface area contributed by atoms with Crippen LogP contribution in [0.4, 0.5) is 8.78 Å². The van der Waals surface area contributed by atoms with Crippen LogP contribution in [0.15, 0.2) is 6.20 Å². The van der Waals surface area contributed by atoms with Crippen molar-refractivity contribution in [3.8, 4) is 11.8 Å². The van der Waals surface area contributed by atoms with E-state index < -0.39 is 17.9 Å². The molecule has 0 aliphatic heterocycles. The average Bonchev–Trinajstić information content (AvgIpc) is 2.18. The van der Waals surface area contributed by atoms with Crippen molar-refractivity contribution in [3.05, 3.63) is 23.0 Å². The molecule has 0 atom stereocenters. The normalized spacial score (nSPS) is 10.3. The third-order valence-electron chi connectivity index (χ3n) is 1.89. The standard InChI is InChI=1S/C9H7BrF2N2O/c10-3-6-5(1-2-13)4-14-7(8(6)15)9(11)12/h4,9,15H,1,3H2. The monoisotopic (exact) mass is 276 g/mol. The summed E-state index contributed by atoms with van der Waals surface area (Å²) < 4.78 is 24.7. The number of nitriles is 1. The second-order valence-electron chi connectivity index (χ2n) is 2.77. The van der Waals surface area contributed by atoms with Gasteiger partial charge in [0.15, 0.2) is 0 Å². The molecule has 1 heterocycles. The SMILES string of the molecule is N#CCc1cnc(C(F)F)c(O)c1CBr. The van der Waals surface area contributed by atoms with E-state index in [1.165, 1.54) is 6.20 Å². The third kappa shape index (κ3) is 2.42. The molecule has 15 heavy (non-hydrogen) atoms. The molecule has 0 fully saturated rings. The first-order valence-electron chi connectivity index (χ1n) is 4.02. The maximum absolute atomic E-state index is 12.4. The fraction of sp³-hybridized carbons (Fsp3) is 0.333. The van der Waals surface area contributed by atoms with Crippen LogP contribution in [-0.2, 0) is 11.8 Å². The number of alkyl halides is 3. The second kappa shape index (κ2) is 5.03. The number of pyridine rings is 1. The summed E-state index contributed by atoms with van der Waals surface area (Å²) in [6.45, 7) is 0. The minimum Gasteiger partial charge on any atom is -0.505 e. The van der Waals surface area contributed by atoms with E-state index in [9.17, 15) is 13.9 Å². The second-order valence-corrected chi connectivity index (χ2v) is 3.33. The summed E-state index contributed by atoms with van der Waals surface area (Å²) in [7, 11) is 0. The van der Waals surface area contributed by atoms with Crippen molar-refractivity contribution in [1.29, 1.82) is 5.26 Å². The maximum Gasteiger partial charge on any atom is 0.284 e. The molecule has 6 heteroatoms. The van der Waals surface area contributed by atoms with Gasteiger partial charge in [0.25, 0.3) is 6.43 Å². The van der Waals surface area contributed by atoms with Crippen LogP contribution in [0.2, 0.25) is 0 Å². The number of aromatic nitrogens is 1. The molecule has 0 amide bonds. The van der Waals surface area contributed by atoms with E-state index in [0.717, 1.165) is 0 Å². The molecule has 1 rings (SSSR count). The van der Waals surface area contributed by atoms with Gasteiger partial charge in [0.1, 0.15) is 11.4 Å². The summed E-state index contributed by atoms with van der Waals surface area (Å²) in [6, 6.07) is 1.88. The van der Waals surface area contributed by atoms with Crippen LogP contribution in [-0.4, -0.2) is 10.1 Å². The van der Waals surface area contributed by atoms with Gasteiger partial charge in [-0.2, -0.15) is 5.26 Å². The van der Waals surface area contributed by atoms with Gasteiger partial charge in [0.2, 0.25) is 0 Å². The highest BCUT2D eigenvalue weighted by atomic mass is 79.9. The van der Waals surface area contributed by atoms with Gasteiger partial charge in [-0.25, -0.2) is 8.78 Å². The summed E-state index contributed by atoms with van der Waals surface area (Å²) in [5.74, 6) is -0.533. The van der Waals surface area contributed by atoms with Gasteiger partial charge in [0, 0.05) is 17.1 Å². The molecule has 0 saturated carbocycles. The zero-order valence-electron chi connectivity index (χ0n) is 7.54. The van der Waals surface area contributed by atoms with Crippen LogP contribution < -0.4 is 0 Å². The van der Waals surface area contributed by atoms with E-state index >= 15 is 0 Å². The highest BCUT2D eigenvalue weighted by Gasteiger charge is 2.19. The van der Waals surface area contributed by atoms with Crippen molar-refractivity contribution in [1.82, 2.24) is 4.98 Å². The summed E-state index contributed by atoms with van der Waals surface area (Å²) in [4.78, 5) is 3.43. The lowest BCUT2D eigenvalue weighted by molar-refractivity contribution is 0.141. The third-order valence-corrected chi connectivity index (χ3v) is 2.45. The van der Waals surface area contributed by atoms with E-state index in [0.29, 0.717) is 11.1 Å². The van der Waals surface area contributed by atoms with Gasteiger partial charge >= 0.3 is 0 Å². The lowest BCUT2D eigenvalue weighted by atomic mass is 10.1. The van der Waals surface area contributed by atoms with Crippen molar-refractivity contribution in [2.75, 3.05) is 0 Å². The number of rotatable bonds is 3. The Morgan fingerprint density at radius 2 is 2.27 bits per heavy atom. The highest BCUT2D eigenvalue weighted by molar-refractivity contribution is 9.08. The molecule has 0 aliphatic rings. The first-order valence-corrected chi connectivity index (χ1v) is 5.14. The predicted molar refractivity (Wildman–Crippen MR) is 52.8 cm³/mol. The molecule has 0 radical (unpaired) electrons. The van der Waals surface area contributed by atoms with Crippen LogP contribution in [0.1, 0.15) is 23.2 Å². The van der Waals surface area contributed by atoms with Crippen LogP contribution in [0.25, 0.3) is 0 Å². The van der Waals surface area contributed by atoms with Gasteiger partial charge in [-0.3, -0.25) is 4.98 Å². The Morgan fingerprint density at radius 1 is 1.60 bits per heavy atom. The molecule has 0 aromatic carbocycles. The first kappa shape index (κ1) is 11.9. The van der Waals surface area contributed by atoms with E-state index in [2.05, 4.69) is 20.9 Å². The van der Waals surface area contributed by atoms with Crippen LogP contribution in [0.5, 0.6) is 5.75 Å². The molecule has 0 spiro atoms. The maximum atomic E-state index is 12.4. The quantitative estimate of drug-likeness (QED) is 0.864. The molecule has 0 saturated heterocycles. The van der Waals surface area contributed by atoms with Crippen molar-refractivity contribution in [2.45, 2.75) is 18.2 Å². The summed E-state index contributed by atoms with van der Waals surface area (Å²) in [5, 5.41) is 18.2. The molecule has 1 N–H and O–H groups in total. The predicted octanol–water partition coefficient (Wildman–Crippen LogP) is 2.69. The molecule has 1 aromatic rings. The van der Waals surface area contributed by atoms with Gasteiger partial charge in [-0.15, -0.1) is 0 Å². The Hall–Kier alpha value is -1.22. The molecular formula is C9H7BrF2N2O. The lowest BCUT2D eigenvalue weighted by Gasteiger charge is -2.09. The van der Waals surface area contributed by atoms with Crippen molar-refractivity contribution in [3.63, 3.8) is 0 Å². The van der Waals surface area contributed by atoms with Gasteiger partial charge in [0.05, 0.1) is 12.5 Å². The van der Waals surface area contributed by atoms with Crippen molar-refractivity contribution >= 4 is 15.9 Å². The molecular weight excluding hydrogens is 270 g/mol. The molecule has 0 aliphatic carbocycles. The van der Waals surface area contributed by atoms with E-state index in [1.807, 2.05) is 6.07 Å².